The van der Waals surface area contributed by atoms with E-state index in [0.717, 1.165) is 4.47 Å². The van der Waals surface area contributed by atoms with Gasteiger partial charge >= 0.3 is 0 Å². The van der Waals surface area contributed by atoms with Gasteiger partial charge in [-0.3, -0.25) is 10.1 Å². The van der Waals surface area contributed by atoms with E-state index in [2.05, 4.69) is 36.3 Å². The molecule has 0 aliphatic carbocycles. The molecular weight excluding hydrogens is 326 g/mol. The summed E-state index contributed by atoms with van der Waals surface area (Å²) in [6.45, 7) is 1.89. The lowest BCUT2D eigenvalue weighted by molar-refractivity contribution is 0.102. The van der Waals surface area contributed by atoms with Crippen LogP contribution in [0.4, 0.5) is 5.95 Å². The molecule has 0 aliphatic rings. The minimum absolute atomic E-state index is 0.221. The first kappa shape index (κ1) is 12.8. The number of oxazole rings is 1. The van der Waals surface area contributed by atoms with Crippen LogP contribution in [0.15, 0.2) is 33.6 Å². The molecule has 0 atom stereocenters. The van der Waals surface area contributed by atoms with Crippen LogP contribution in [-0.2, 0) is 6.42 Å². The molecule has 8 heteroatoms. The van der Waals surface area contributed by atoms with Crippen LogP contribution in [0, 0.1) is 0 Å². The standard InChI is InChI=1S/C12H10BrN5O2/c1-2-8-10(14-6-20-8)11(19)16-12-15-9-4-3-7(13)5-18(9)17-12/h3-6H,2H2,1H3,(H,16,17,19). The monoisotopic (exact) mass is 335 g/mol. The number of aromatic nitrogens is 4. The number of aryl methyl sites for hydroxylation is 1. The summed E-state index contributed by atoms with van der Waals surface area (Å²) < 4.78 is 7.57. The Morgan fingerprint density at radius 1 is 1.50 bits per heavy atom. The van der Waals surface area contributed by atoms with Crippen LogP contribution in [0.1, 0.15) is 23.2 Å². The summed E-state index contributed by atoms with van der Waals surface area (Å²) in [5.74, 6) is 0.373. The number of fused-ring (bicyclic) bond motifs is 1. The molecule has 1 N–H and O–H groups in total. The van der Waals surface area contributed by atoms with E-state index >= 15 is 0 Å². The average molecular weight is 336 g/mol. The Morgan fingerprint density at radius 3 is 3.15 bits per heavy atom. The summed E-state index contributed by atoms with van der Waals surface area (Å²) in [5.41, 5.74) is 0.895. The van der Waals surface area contributed by atoms with Gasteiger partial charge in [-0.25, -0.2) is 9.50 Å². The molecule has 0 fully saturated rings. The molecule has 3 aromatic heterocycles. The molecule has 0 unspecified atom stereocenters. The van der Waals surface area contributed by atoms with Gasteiger partial charge in [0.05, 0.1) is 0 Å². The van der Waals surface area contributed by atoms with Gasteiger partial charge in [-0.15, -0.1) is 5.10 Å². The molecule has 0 spiro atoms. The summed E-state index contributed by atoms with van der Waals surface area (Å²) in [4.78, 5) is 20.2. The molecule has 20 heavy (non-hydrogen) atoms. The minimum atomic E-state index is -0.384. The second-order valence-corrected chi connectivity index (χ2v) is 4.93. The number of hydrogen-bond acceptors (Lipinski definition) is 5. The van der Waals surface area contributed by atoms with Gasteiger partial charge < -0.3 is 4.42 Å². The normalized spacial score (nSPS) is 10.9. The molecule has 0 radical (unpaired) electrons. The predicted octanol–water partition coefficient (Wildman–Crippen LogP) is 2.29. The van der Waals surface area contributed by atoms with E-state index in [1.165, 1.54) is 6.39 Å². The van der Waals surface area contributed by atoms with Gasteiger partial charge in [-0.05, 0) is 28.1 Å². The number of anilines is 1. The molecule has 102 valence electrons. The molecule has 0 saturated carbocycles. The van der Waals surface area contributed by atoms with Crippen molar-refractivity contribution in [2.75, 3.05) is 5.32 Å². The third-order valence-corrected chi connectivity index (χ3v) is 3.17. The van der Waals surface area contributed by atoms with Crippen molar-refractivity contribution in [3.63, 3.8) is 0 Å². The summed E-state index contributed by atoms with van der Waals surface area (Å²) in [5, 5.41) is 6.77. The highest BCUT2D eigenvalue weighted by atomic mass is 79.9. The van der Waals surface area contributed by atoms with Gasteiger partial charge in [0.15, 0.2) is 17.7 Å². The van der Waals surface area contributed by atoms with Crippen LogP contribution in [0.2, 0.25) is 0 Å². The fourth-order valence-electron chi connectivity index (χ4n) is 1.78. The summed E-state index contributed by atoms with van der Waals surface area (Å²) in [6, 6.07) is 3.64. The highest BCUT2D eigenvalue weighted by Crippen LogP contribution is 2.13. The fourth-order valence-corrected chi connectivity index (χ4v) is 2.10. The number of pyridine rings is 1. The highest BCUT2D eigenvalue weighted by molar-refractivity contribution is 9.10. The second-order valence-electron chi connectivity index (χ2n) is 4.02. The van der Waals surface area contributed by atoms with Gasteiger partial charge in [0, 0.05) is 17.1 Å². The minimum Gasteiger partial charge on any atom is -0.448 e. The first-order valence-electron chi connectivity index (χ1n) is 5.93. The van der Waals surface area contributed by atoms with Gasteiger partial charge in [-0.1, -0.05) is 6.92 Å². The van der Waals surface area contributed by atoms with E-state index < -0.39 is 0 Å². The number of rotatable bonds is 3. The maximum Gasteiger partial charge on any atom is 0.280 e. The van der Waals surface area contributed by atoms with Gasteiger partial charge in [-0.2, -0.15) is 4.98 Å². The average Bonchev–Trinajstić information content (AvgIpc) is 3.03. The Hall–Kier alpha value is -2.22. The van der Waals surface area contributed by atoms with Crippen molar-refractivity contribution in [1.29, 1.82) is 0 Å². The largest absolute Gasteiger partial charge is 0.448 e. The lowest BCUT2D eigenvalue weighted by Gasteiger charge is -1.98. The van der Waals surface area contributed by atoms with E-state index in [-0.39, 0.29) is 17.5 Å². The van der Waals surface area contributed by atoms with Crippen molar-refractivity contribution < 1.29 is 9.21 Å². The number of amides is 1. The van der Waals surface area contributed by atoms with Crippen LogP contribution in [0.3, 0.4) is 0 Å². The third kappa shape index (κ3) is 2.29. The van der Waals surface area contributed by atoms with Crippen molar-refractivity contribution in [2.45, 2.75) is 13.3 Å². The van der Waals surface area contributed by atoms with Crippen molar-refractivity contribution in [3.05, 3.63) is 40.7 Å². The SMILES string of the molecule is CCc1ocnc1C(=O)Nc1nc2ccc(Br)cn2n1. The molecule has 3 aromatic rings. The molecular formula is C12H10BrN5O2. The molecule has 3 rings (SSSR count). The molecule has 0 bridgehead atoms. The van der Waals surface area contributed by atoms with Crippen LogP contribution < -0.4 is 5.32 Å². The third-order valence-electron chi connectivity index (χ3n) is 2.70. The Kier molecular flexibility index (Phi) is 3.23. The Morgan fingerprint density at radius 2 is 2.35 bits per heavy atom. The lowest BCUT2D eigenvalue weighted by Crippen LogP contribution is -2.15. The van der Waals surface area contributed by atoms with E-state index in [1.54, 1.807) is 16.8 Å². The van der Waals surface area contributed by atoms with Gasteiger partial charge in [0.1, 0.15) is 5.76 Å². The van der Waals surface area contributed by atoms with Crippen LogP contribution >= 0.6 is 15.9 Å². The zero-order chi connectivity index (χ0) is 14.1. The number of nitrogens with zero attached hydrogens (tertiary/aromatic N) is 4. The summed E-state index contributed by atoms with van der Waals surface area (Å²) in [7, 11) is 0. The van der Waals surface area contributed by atoms with Crippen molar-refractivity contribution >= 4 is 33.4 Å². The van der Waals surface area contributed by atoms with Gasteiger partial charge in [0.2, 0.25) is 5.95 Å². The Balaban J connectivity index is 1.87. The molecule has 1 amide bonds. The van der Waals surface area contributed by atoms with Crippen LogP contribution in [0.25, 0.3) is 5.65 Å². The number of halogens is 1. The van der Waals surface area contributed by atoms with E-state index in [0.29, 0.717) is 17.8 Å². The molecule has 0 saturated heterocycles. The quantitative estimate of drug-likeness (QED) is 0.793. The van der Waals surface area contributed by atoms with E-state index in [4.69, 9.17) is 4.42 Å². The second kappa shape index (κ2) is 5.04. The maximum atomic E-state index is 12.1. The predicted molar refractivity (Wildman–Crippen MR) is 74.5 cm³/mol. The van der Waals surface area contributed by atoms with E-state index in [1.807, 2.05) is 13.0 Å². The number of carbonyl (C=O) groups is 1. The number of hydrogen-bond donors (Lipinski definition) is 1. The highest BCUT2D eigenvalue weighted by Gasteiger charge is 2.17. The van der Waals surface area contributed by atoms with Gasteiger partial charge in [0.25, 0.3) is 5.91 Å². The van der Waals surface area contributed by atoms with Crippen LogP contribution in [-0.4, -0.2) is 25.5 Å². The molecule has 0 aromatic carbocycles. The van der Waals surface area contributed by atoms with Crippen LogP contribution in [0.5, 0.6) is 0 Å². The van der Waals surface area contributed by atoms with Crippen molar-refractivity contribution in [2.24, 2.45) is 0 Å². The Labute approximate surface area is 122 Å². The first-order valence-corrected chi connectivity index (χ1v) is 6.72. The fraction of sp³-hybridized carbons (Fsp3) is 0.167. The number of carbonyl (C=O) groups excluding carboxylic acids is 1. The Bertz CT molecular complexity index is 779. The summed E-state index contributed by atoms with van der Waals surface area (Å²) in [6.07, 6.45) is 3.60. The molecule has 3 heterocycles. The maximum absolute atomic E-state index is 12.1. The van der Waals surface area contributed by atoms with Crippen molar-refractivity contribution in [3.8, 4) is 0 Å². The summed E-state index contributed by atoms with van der Waals surface area (Å²) >= 11 is 3.34. The zero-order valence-electron chi connectivity index (χ0n) is 10.5. The topological polar surface area (TPSA) is 85.3 Å². The zero-order valence-corrected chi connectivity index (χ0v) is 12.1. The number of nitrogens with one attached hydrogen (secondary N) is 1. The van der Waals surface area contributed by atoms with Crippen molar-refractivity contribution in [1.82, 2.24) is 19.6 Å². The smallest absolute Gasteiger partial charge is 0.280 e. The first-order chi connectivity index (χ1) is 9.67. The van der Waals surface area contributed by atoms with E-state index in [9.17, 15) is 4.79 Å². The lowest BCUT2D eigenvalue weighted by atomic mass is 10.3. The molecule has 7 nitrogen and oxygen atoms in total. The molecule has 0 aliphatic heterocycles.